The molecule has 0 spiro atoms. The lowest BCUT2D eigenvalue weighted by Crippen LogP contribution is -2.10. The van der Waals surface area contributed by atoms with Gasteiger partial charge in [-0.3, -0.25) is 0 Å². The maximum Gasteiger partial charge on any atom is 0.0383 e. The van der Waals surface area contributed by atoms with Gasteiger partial charge in [-0.15, -0.1) is 11.3 Å². The van der Waals surface area contributed by atoms with Crippen molar-refractivity contribution in [1.82, 2.24) is 5.32 Å². The van der Waals surface area contributed by atoms with Gasteiger partial charge in [-0.2, -0.15) is 0 Å². The molecular weight excluding hydrogens is 238 g/mol. The second kappa shape index (κ2) is 6.17. The van der Waals surface area contributed by atoms with Gasteiger partial charge in [0.2, 0.25) is 0 Å². The topological polar surface area (TPSA) is 12.0 Å². The molecule has 2 rings (SSSR count). The van der Waals surface area contributed by atoms with E-state index in [1.807, 2.05) is 18.4 Å². The predicted octanol–water partition coefficient (Wildman–Crippen LogP) is 4.65. The molecule has 1 aromatic carbocycles. The quantitative estimate of drug-likeness (QED) is 0.824. The van der Waals surface area contributed by atoms with Gasteiger partial charge in [-0.1, -0.05) is 37.6 Å². The minimum absolute atomic E-state index is 0.433. The first-order valence-corrected chi connectivity index (χ1v) is 7.42. The van der Waals surface area contributed by atoms with Crippen LogP contribution in [0.25, 0.3) is 10.4 Å². The van der Waals surface area contributed by atoms with Crippen molar-refractivity contribution in [3.05, 3.63) is 46.8 Å². The summed E-state index contributed by atoms with van der Waals surface area (Å²) in [5.74, 6) is 0. The van der Waals surface area contributed by atoms with Crippen molar-refractivity contribution in [3.63, 3.8) is 0 Å². The maximum atomic E-state index is 3.28. The first-order valence-electron chi connectivity index (χ1n) is 6.61. The highest BCUT2D eigenvalue weighted by Crippen LogP contribution is 2.31. The van der Waals surface area contributed by atoms with Gasteiger partial charge in [0.25, 0.3) is 0 Å². The Morgan fingerprint density at radius 2 is 1.83 bits per heavy atom. The van der Waals surface area contributed by atoms with E-state index in [4.69, 9.17) is 0 Å². The average molecular weight is 259 g/mol. The van der Waals surface area contributed by atoms with Crippen molar-refractivity contribution >= 4 is 11.3 Å². The summed E-state index contributed by atoms with van der Waals surface area (Å²) in [6.07, 6.45) is 2.38. The fourth-order valence-corrected chi connectivity index (χ4v) is 3.08. The zero-order valence-corrected chi connectivity index (χ0v) is 12.2. The minimum atomic E-state index is 0.433. The fourth-order valence-electron chi connectivity index (χ4n) is 2.01. The van der Waals surface area contributed by atoms with Crippen molar-refractivity contribution in [2.45, 2.75) is 32.7 Å². The van der Waals surface area contributed by atoms with E-state index in [0.29, 0.717) is 6.04 Å². The molecule has 0 aliphatic rings. The van der Waals surface area contributed by atoms with Crippen molar-refractivity contribution in [3.8, 4) is 10.4 Å². The maximum absolute atomic E-state index is 3.28. The number of nitrogens with one attached hydrogen (secondary N) is 1. The summed E-state index contributed by atoms with van der Waals surface area (Å²) >= 11 is 1.88. The van der Waals surface area contributed by atoms with Gasteiger partial charge in [0, 0.05) is 15.8 Å². The molecular formula is C16H21NS. The lowest BCUT2D eigenvalue weighted by molar-refractivity contribution is 0.664. The molecule has 2 aromatic rings. The highest BCUT2D eigenvalue weighted by Gasteiger charge is 2.07. The van der Waals surface area contributed by atoms with Crippen LogP contribution in [0.1, 0.15) is 36.8 Å². The summed E-state index contributed by atoms with van der Waals surface area (Å²) in [6.45, 7) is 4.42. The number of hydrogen-bond donors (Lipinski definition) is 1. The average Bonchev–Trinajstić information content (AvgIpc) is 2.89. The Morgan fingerprint density at radius 1 is 1.11 bits per heavy atom. The van der Waals surface area contributed by atoms with Gasteiger partial charge in [0.1, 0.15) is 0 Å². The first-order chi connectivity index (χ1) is 8.74. The molecule has 1 nitrogen and oxygen atoms in total. The molecule has 0 amide bonds. The molecule has 1 aromatic heterocycles. The molecule has 1 heterocycles. The van der Waals surface area contributed by atoms with Crippen LogP contribution in [0.2, 0.25) is 0 Å². The van der Waals surface area contributed by atoms with Gasteiger partial charge in [-0.05, 0) is 43.7 Å². The molecule has 0 bridgehead atoms. The van der Waals surface area contributed by atoms with Gasteiger partial charge < -0.3 is 5.32 Å². The van der Waals surface area contributed by atoms with Gasteiger partial charge in [0.05, 0.1) is 0 Å². The predicted molar refractivity (Wildman–Crippen MR) is 81.2 cm³/mol. The molecule has 0 aliphatic carbocycles. The lowest BCUT2D eigenvalue weighted by atomic mass is 10.1. The second-order valence-electron chi connectivity index (χ2n) is 4.66. The van der Waals surface area contributed by atoms with Crippen LogP contribution in [-0.2, 0) is 6.42 Å². The summed E-state index contributed by atoms with van der Waals surface area (Å²) < 4.78 is 0. The summed E-state index contributed by atoms with van der Waals surface area (Å²) in [6, 6.07) is 13.9. The van der Waals surface area contributed by atoms with Crippen LogP contribution in [0.5, 0.6) is 0 Å². The highest BCUT2D eigenvalue weighted by molar-refractivity contribution is 7.15. The van der Waals surface area contributed by atoms with Crippen molar-refractivity contribution in [1.29, 1.82) is 0 Å². The molecule has 1 atom stereocenters. The second-order valence-corrected chi connectivity index (χ2v) is 5.77. The normalized spacial score (nSPS) is 12.6. The third-order valence-corrected chi connectivity index (χ3v) is 4.58. The smallest absolute Gasteiger partial charge is 0.0383 e. The van der Waals surface area contributed by atoms with Gasteiger partial charge in [0.15, 0.2) is 0 Å². The summed E-state index contributed by atoms with van der Waals surface area (Å²) in [7, 11) is 2.00. The number of aryl methyl sites for hydroxylation is 1. The summed E-state index contributed by atoms with van der Waals surface area (Å²) in [5, 5.41) is 3.28. The van der Waals surface area contributed by atoms with Crippen LogP contribution in [-0.4, -0.2) is 7.05 Å². The first kappa shape index (κ1) is 13.3. The van der Waals surface area contributed by atoms with Crippen LogP contribution in [0.15, 0.2) is 36.4 Å². The van der Waals surface area contributed by atoms with E-state index < -0.39 is 0 Å². The van der Waals surface area contributed by atoms with Crippen molar-refractivity contribution in [2.24, 2.45) is 0 Å². The third kappa shape index (κ3) is 3.01. The van der Waals surface area contributed by atoms with Gasteiger partial charge >= 0.3 is 0 Å². The standard InChI is InChI=1S/C16H21NS/c1-4-5-13-6-8-14(9-7-13)16-11-10-15(18-16)12(2)17-3/h6-12,17H,4-5H2,1-3H3. The summed E-state index contributed by atoms with van der Waals surface area (Å²) in [5.41, 5.74) is 2.76. The van der Waals surface area contributed by atoms with Crippen molar-refractivity contribution < 1.29 is 0 Å². The Kier molecular flexibility index (Phi) is 4.56. The van der Waals surface area contributed by atoms with Gasteiger partial charge in [-0.25, -0.2) is 0 Å². The van der Waals surface area contributed by atoms with E-state index in [1.165, 1.54) is 33.7 Å². The number of rotatable bonds is 5. The third-order valence-electron chi connectivity index (χ3n) is 3.26. The highest BCUT2D eigenvalue weighted by atomic mass is 32.1. The fraction of sp³-hybridized carbons (Fsp3) is 0.375. The van der Waals surface area contributed by atoms with E-state index in [2.05, 4.69) is 55.6 Å². The number of thiophene rings is 1. The van der Waals surface area contributed by atoms with Crippen LogP contribution in [0.3, 0.4) is 0 Å². The van der Waals surface area contributed by atoms with Crippen LogP contribution in [0.4, 0.5) is 0 Å². The van der Waals surface area contributed by atoms with E-state index in [-0.39, 0.29) is 0 Å². The number of hydrogen-bond acceptors (Lipinski definition) is 2. The Hall–Kier alpha value is -1.12. The Balaban J connectivity index is 2.18. The monoisotopic (exact) mass is 259 g/mol. The SMILES string of the molecule is CCCc1ccc(-c2ccc(C(C)NC)s2)cc1. The van der Waals surface area contributed by atoms with E-state index in [0.717, 1.165) is 0 Å². The minimum Gasteiger partial charge on any atom is -0.313 e. The van der Waals surface area contributed by atoms with Crippen molar-refractivity contribution in [2.75, 3.05) is 7.05 Å². The number of benzene rings is 1. The van der Waals surface area contributed by atoms with E-state index >= 15 is 0 Å². The molecule has 2 heteroatoms. The Morgan fingerprint density at radius 3 is 2.44 bits per heavy atom. The molecule has 0 fully saturated rings. The van der Waals surface area contributed by atoms with Crippen LogP contribution < -0.4 is 5.32 Å². The van der Waals surface area contributed by atoms with E-state index in [1.54, 1.807) is 0 Å². The molecule has 0 saturated carbocycles. The zero-order chi connectivity index (χ0) is 13.0. The molecule has 0 saturated heterocycles. The molecule has 0 aliphatic heterocycles. The largest absolute Gasteiger partial charge is 0.313 e. The molecule has 18 heavy (non-hydrogen) atoms. The molecule has 1 unspecified atom stereocenters. The Labute approximate surface area is 114 Å². The molecule has 1 N–H and O–H groups in total. The molecule has 0 radical (unpaired) electrons. The summed E-state index contributed by atoms with van der Waals surface area (Å²) in [4.78, 5) is 2.75. The zero-order valence-electron chi connectivity index (χ0n) is 11.4. The Bertz CT molecular complexity index is 484. The lowest BCUT2D eigenvalue weighted by Gasteiger charge is -2.06. The molecule has 96 valence electrons. The van der Waals surface area contributed by atoms with Crippen LogP contribution in [0, 0.1) is 0 Å². The van der Waals surface area contributed by atoms with E-state index in [9.17, 15) is 0 Å². The van der Waals surface area contributed by atoms with Crippen LogP contribution >= 0.6 is 11.3 Å².